The van der Waals surface area contributed by atoms with Crippen molar-refractivity contribution in [1.82, 2.24) is 9.36 Å². The van der Waals surface area contributed by atoms with Gasteiger partial charge in [0.05, 0.1) is 10.6 Å². The van der Waals surface area contributed by atoms with E-state index >= 15 is 0 Å². The number of hydrogen-bond acceptors (Lipinski definition) is 5. The van der Waals surface area contributed by atoms with Gasteiger partial charge in [0.1, 0.15) is 5.82 Å². The summed E-state index contributed by atoms with van der Waals surface area (Å²) < 4.78 is 17.1. The Balaban J connectivity index is 1.60. The zero-order valence-electron chi connectivity index (χ0n) is 12.2. The third-order valence-corrected chi connectivity index (χ3v) is 5.02. The normalized spacial score (nSPS) is 10.6. The maximum Gasteiger partial charge on any atom is 0.258 e. The van der Waals surface area contributed by atoms with E-state index in [1.165, 1.54) is 23.9 Å². The molecule has 1 heterocycles. The highest BCUT2D eigenvalue weighted by atomic mass is 35.5. The van der Waals surface area contributed by atoms with E-state index in [1.807, 2.05) is 0 Å². The highest BCUT2D eigenvalue weighted by Gasteiger charge is 2.13. The lowest BCUT2D eigenvalue weighted by molar-refractivity contribution is 0.102. The predicted molar refractivity (Wildman–Crippen MR) is 95.3 cm³/mol. The third kappa shape index (κ3) is 4.31. The number of rotatable bonds is 5. The number of anilines is 1. The van der Waals surface area contributed by atoms with E-state index in [0.29, 0.717) is 26.6 Å². The molecule has 0 unspecified atom stereocenters. The van der Waals surface area contributed by atoms with Crippen molar-refractivity contribution in [3.8, 4) is 0 Å². The van der Waals surface area contributed by atoms with Gasteiger partial charge in [-0.1, -0.05) is 47.6 Å². The van der Waals surface area contributed by atoms with Crippen molar-refractivity contribution in [3.05, 3.63) is 70.5 Å². The van der Waals surface area contributed by atoms with E-state index in [2.05, 4.69) is 14.7 Å². The zero-order valence-corrected chi connectivity index (χ0v) is 14.6. The van der Waals surface area contributed by atoms with Gasteiger partial charge in [-0.2, -0.15) is 9.36 Å². The average Bonchev–Trinajstić information content (AvgIpc) is 3.02. The van der Waals surface area contributed by atoms with Crippen LogP contribution in [0.25, 0.3) is 0 Å². The number of benzene rings is 2. The second-order valence-electron chi connectivity index (χ2n) is 4.73. The first-order valence-corrected chi connectivity index (χ1v) is 9.02. The molecule has 0 aliphatic rings. The minimum Gasteiger partial charge on any atom is -0.297 e. The molecule has 0 aliphatic heterocycles. The number of nitrogens with zero attached hydrogens (tertiary/aromatic N) is 2. The highest BCUT2D eigenvalue weighted by molar-refractivity contribution is 7.98. The largest absolute Gasteiger partial charge is 0.297 e. The number of nitrogens with one attached hydrogen (secondary N) is 1. The lowest BCUT2D eigenvalue weighted by atomic mass is 10.2. The van der Waals surface area contributed by atoms with Gasteiger partial charge in [-0.3, -0.25) is 10.1 Å². The van der Waals surface area contributed by atoms with Crippen LogP contribution >= 0.6 is 34.9 Å². The van der Waals surface area contributed by atoms with Gasteiger partial charge in [0.25, 0.3) is 5.91 Å². The van der Waals surface area contributed by atoms with Crippen LogP contribution in [0.3, 0.4) is 0 Å². The predicted octanol–water partition coefficient (Wildman–Crippen LogP) is 4.88. The van der Waals surface area contributed by atoms with Gasteiger partial charge < -0.3 is 0 Å². The number of carbonyl (C=O) groups excluding carboxylic acids is 1. The fourth-order valence-electron chi connectivity index (χ4n) is 1.86. The maximum absolute atomic E-state index is 12.9. The zero-order chi connectivity index (χ0) is 16.9. The number of aromatic nitrogens is 2. The molecule has 4 nitrogen and oxygen atoms in total. The van der Waals surface area contributed by atoms with Gasteiger partial charge in [-0.05, 0) is 29.8 Å². The molecule has 1 N–H and O–H groups in total. The van der Waals surface area contributed by atoms with Gasteiger partial charge in [0.15, 0.2) is 0 Å². The Labute approximate surface area is 151 Å². The molecule has 8 heteroatoms. The highest BCUT2D eigenvalue weighted by Crippen LogP contribution is 2.24. The molecule has 1 aromatic heterocycles. The molecular weight excluding hydrogens is 369 g/mol. The Hall–Kier alpha value is -1.96. The Morgan fingerprint density at radius 2 is 1.96 bits per heavy atom. The van der Waals surface area contributed by atoms with Crippen molar-refractivity contribution in [2.24, 2.45) is 0 Å². The van der Waals surface area contributed by atoms with Crippen LogP contribution in [0, 0.1) is 5.82 Å². The van der Waals surface area contributed by atoms with Gasteiger partial charge in [0, 0.05) is 17.3 Å². The third-order valence-electron chi connectivity index (χ3n) is 3.03. The first-order valence-electron chi connectivity index (χ1n) is 6.88. The number of hydrogen-bond donors (Lipinski definition) is 1. The number of thioether (sulfide) groups is 1. The first-order chi connectivity index (χ1) is 11.6. The van der Waals surface area contributed by atoms with Crippen LogP contribution in [0.2, 0.25) is 5.02 Å². The molecule has 0 radical (unpaired) electrons. The Kier molecular flexibility index (Phi) is 5.44. The number of halogens is 2. The van der Waals surface area contributed by atoms with Crippen LogP contribution in [-0.4, -0.2) is 15.3 Å². The molecule has 24 heavy (non-hydrogen) atoms. The van der Waals surface area contributed by atoms with Crippen molar-refractivity contribution in [2.45, 2.75) is 10.9 Å². The molecule has 0 spiro atoms. The molecule has 0 saturated carbocycles. The molecule has 3 aromatic rings. The standard InChI is InChI=1S/C16H11ClFN3OS2/c17-13-4-2-1-3-12(13)14(22)19-15-20-16(21-24-15)23-9-10-5-7-11(18)8-6-10/h1-8H,9H2,(H,19,20,21,22). The van der Waals surface area contributed by atoms with Crippen LogP contribution in [0.1, 0.15) is 15.9 Å². The van der Waals surface area contributed by atoms with Crippen molar-refractivity contribution >= 4 is 45.9 Å². The van der Waals surface area contributed by atoms with Crippen molar-refractivity contribution < 1.29 is 9.18 Å². The lowest BCUT2D eigenvalue weighted by Gasteiger charge is -2.02. The van der Waals surface area contributed by atoms with Crippen molar-refractivity contribution in [2.75, 3.05) is 5.32 Å². The Morgan fingerprint density at radius 3 is 2.71 bits per heavy atom. The summed E-state index contributed by atoms with van der Waals surface area (Å²) >= 11 is 8.51. The summed E-state index contributed by atoms with van der Waals surface area (Å²) in [4.78, 5) is 16.4. The minimum absolute atomic E-state index is 0.264. The second-order valence-corrected chi connectivity index (χ2v) is 6.83. The average molecular weight is 380 g/mol. The molecule has 2 aromatic carbocycles. The van der Waals surface area contributed by atoms with E-state index in [9.17, 15) is 9.18 Å². The molecule has 0 fully saturated rings. The molecule has 0 atom stereocenters. The summed E-state index contributed by atoms with van der Waals surface area (Å²) in [7, 11) is 0. The first kappa shape index (κ1) is 16.9. The van der Waals surface area contributed by atoms with Gasteiger partial charge >= 0.3 is 0 Å². The molecule has 0 aliphatic carbocycles. The molecular formula is C16H11ClFN3OS2. The second kappa shape index (κ2) is 7.74. The van der Waals surface area contributed by atoms with Crippen molar-refractivity contribution in [1.29, 1.82) is 0 Å². The molecule has 0 bridgehead atoms. The Bertz CT molecular complexity index is 855. The Morgan fingerprint density at radius 1 is 1.21 bits per heavy atom. The fourth-order valence-corrected chi connectivity index (χ4v) is 3.57. The van der Waals surface area contributed by atoms with Gasteiger partial charge in [-0.15, -0.1) is 0 Å². The summed E-state index contributed by atoms with van der Waals surface area (Å²) in [5.74, 6) is 0.0292. The lowest BCUT2D eigenvalue weighted by Crippen LogP contribution is -2.12. The molecule has 0 saturated heterocycles. The van der Waals surface area contributed by atoms with Crippen LogP contribution in [0.5, 0.6) is 0 Å². The topological polar surface area (TPSA) is 54.9 Å². The molecule has 3 rings (SSSR count). The summed E-state index contributed by atoms with van der Waals surface area (Å²) in [6.07, 6.45) is 0. The van der Waals surface area contributed by atoms with E-state index in [4.69, 9.17) is 11.6 Å². The van der Waals surface area contributed by atoms with Crippen molar-refractivity contribution in [3.63, 3.8) is 0 Å². The maximum atomic E-state index is 12.9. The van der Waals surface area contributed by atoms with E-state index < -0.39 is 0 Å². The van der Waals surface area contributed by atoms with E-state index in [1.54, 1.807) is 36.4 Å². The number of carbonyl (C=O) groups is 1. The SMILES string of the molecule is O=C(Nc1nc(SCc2ccc(F)cc2)ns1)c1ccccc1Cl. The van der Waals surface area contributed by atoms with Crippen LogP contribution in [0.15, 0.2) is 53.7 Å². The van der Waals surface area contributed by atoms with E-state index in [0.717, 1.165) is 17.1 Å². The smallest absolute Gasteiger partial charge is 0.258 e. The van der Waals surface area contributed by atoms with E-state index in [-0.39, 0.29) is 11.7 Å². The number of amides is 1. The summed E-state index contributed by atoms with van der Waals surface area (Å²) in [5, 5.41) is 4.02. The van der Waals surface area contributed by atoms with Crippen LogP contribution in [-0.2, 0) is 5.75 Å². The summed E-state index contributed by atoms with van der Waals surface area (Å²) in [6.45, 7) is 0. The monoisotopic (exact) mass is 379 g/mol. The quantitative estimate of drug-likeness (QED) is 0.642. The van der Waals surface area contributed by atoms with Crippen LogP contribution < -0.4 is 5.32 Å². The van der Waals surface area contributed by atoms with Gasteiger partial charge in [-0.25, -0.2) is 4.39 Å². The minimum atomic E-state index is -0.327. The molecule has 122 valence electrons. The molecule has 1 amide bonds. The summed E-state index contributed by atoms with van der Waals surface area (Å²) in [5.41, 5.74) is 1.35. The summed E-state index contributed by atoms with van der Waals surface area (Å²) in [6, 6.07) is 13.1. The van der Waals surface area contributed by atoms with Crippen LogP contribution in [0.4, 0.5) is 9.52 Å². The fraction of sp³-hybridized carbons (Fsp3) is 0.0625. The van der Waals surface area contributed by atoms with Gasteiger partial charge in [0.2, 0.25) is 10.3 Å².